The van der Waals surface area contributed by atoms with Crippen molar-refractivity contribution in [2.24, 2.45) is 5.92 Å². The third-order valence-corrected chi connectivity index (χ3v) is 2.97. The molecule has 1 aromatic heterocycles. The Morgan fingerprint density at radius 1 is 1.65 bits per heavy atom. The van der Waals surface area contributed by atoms with E-state index in [0.717, 1.165) is 12.8 Å². The van der Waals surface area contributed by atoms with Gasteiger partial charge in [-0.1, -0.05) is 0 Å². The molecule has 0 radical (unpaired) electrons. The Labute approximate surface area is 99.8 Å². The van der Waals surface area contributed by atoms with Crippen molar-refractivity contribution in [3.05, 3.63) is 18.3 Å². The second kappa shape index (κ2) is 5.14. The monoisotopic (exact) mass is 236 g/mol. The third-order valence-electron chi connectivity index (χ3n) is 2.97. The third kappa shape index (κ3) is 2.74. The summed E-state index contributed by atoms with van der Waals surface area (Å²) in [5, 5.41) is 12.1. The summed E-state index contributed by atoms with van der Waals surface area (Å²) < 4.78 is 5.44. The second-order valence-corrected chi connectivity index (χ2v) is 4.19. The topological polar surface area (TPSA) is 71.5 Å². The van der Waals surface area contributed by atoms with Crippen molar-refractivity contribution in [3.8, 4) is 5.75 Å². The molecule has 0 unspecified atom stereocenters. The van der Waals surface area contributed by atoms with Gasteiger partial charge in [-0.05, 0) is 31.9 Å². The summed E-state index contributed by atoms with van der Waals surface area (Å²) in [6, 6.07) is 3.10. The van der Waals surface area contributed by atoms with Crippen molar-refractivity contribution in [3.63, 3.8) is 0 Å². The first kappa shape index (κ1) is 11.9. The van der Waals surface area contributed by atoms with Crippen LogP contribution in [0.4, 0.5) is 5.82 Å². The number of hydrogen-bond acceptors (Lipinski definition) is 4. The Morgan fingerprint density at radius 3 is 3.18 bits per heavy atom. The van der Waals surface area contributed by atoms with E-state index in [1.807, 2.05) is 6.92 Å². The molecule has 1 fully saturated rings. The molecule has 1 amide bonds. The fraction of sp³-hybridized carbons (Fsp3) is 0.500. The highest BCUT2D eigenvalue weighted by Gasteiger charge is 2.29. The summed E-state index contributed by atoms with van der Waals surface area (Å²) in [4.78, 5) is 15.9. The number of anilines is 1. The summed E-state index contributed by atoms with van der Waals surface area (Å²) in [7, 11) is 0. The predicted octanol–water partition coefficient (Wildman–Crippen LogP) is 1.54. The molecule has 5 heteroatoms. The lowest BCUT2D eigenvalue weighted by Crippen LogP contribution is -2.36. The van der Waals surface area contributed by atoms with Crippen molar-refractivity contribution in [1.82, 2.24) is 4.98 Å². The number of nitrogens with zero attached hydrogens (tertiary/aromatic N) is 1. The number of aromatic hydroxyl groups is 1. The van der Waals surface area contributed by atoms with Gasteiger partial charge in [-0.3, -0.25) is 4.79 Å². The quantitative estimate of drug-likeness (QED) is 0.817. The van der Waals surface area contributed by atoms with Crippen LogP contribution in [-0.2, 0) is 9.53 Å². The van der Waals surface area contributed by atoms with Crippen LogP contribution >= 0.6 is 0 Å². The summed E-state index contributed by atoms with van der Waals surface area (Å²) in [6.45, 7) is 2.60. The molecule has 2 atom stereocenters. The van der Waals surface area contributed by atoms with Crippen LogP contribution in [0.1, 0.15) is 19.8 Å². The second-order valence-electron chi connectivity index (χ2n) is 4.19. The molecule has 0 aromatic carbocycles. The zero-order chi connectivity index (χ0) is 12.3. The lowest BCUT2D eigenvalue weighted by Gasteiger charge is -2.27. The van der Waals surface area contributed by atoms with Crippen LogP contribution in [-0.4, -0.2) is 28.7 Å². The van der Waals surface area contributed by atoms with Gasteiger partial charge in [-0.25, -0.2) is 4.98 Å². The van der Waals surface area contributed by atoms with Crippen molar-refractivity contribution in [2.75, 3.05) is 11.9 Å². The first-order valence-corrected chi connectivity index (χ1v) is 5.75. The molecule has 1 aliphatic heterocycles. The molecule has 0 bridgehead atoms. The number of amides is 1. The number of carbonyl (C=O) groups is 1. The maximum Gasteiger partial charge on any atom is 0.231 e. The van der Waals surface area contributed by atoms with Crippen molar-refractivity contribution >= 4 is 11.7 Å². The summed E-state index contributed by atoms with van der Waals surface area (Å²) >= 11 is 0. The Kier molecular flexibility index (Phi) is 3.58. The van der Waals surface area contributed by atoms with Gasteiger partial charge in [0.15, 0.2) is 11.6 Å². The Bertz CT molecular complexity index is 408. The van der Waals surface area contributed by atoms with E-state index < -0.39 is 0 Å². The van der Waals surface area contributed by atoms with Crippen LogP contribution < -0.4 is 5.32 Å². The molecule has 1 aromatic rings. The summed E-state index contributed by atoms with van der Waals surface area (Å²) in [5.41, 5.74) is 0. The van der Waals surface area contributed by atoms with E-state index in [4.69, 9.17) is 4.74 Å². The molecule has 2 N–H and O–H groups in total. The van der Waals surface area contributed by atoms with E-state index in [9.17, 15) is 9.90 Å². The van der Waals surface area contributed by atoms with Crippen molar-refractivity contribution < 1.29 is 14.6 Å². The average Bonchev–Trinajstić information content (AvgIpc) is 2.32. The highest BCUT2D eigenvalue weighted by molar-refractivity contribution is 5.93. The maximum atomic E-state index is 12.0. The fourth-order valence-electron chi connectivity index (χ4n) is 1.97. The van der Waals surface area contributed by atoms with Gasteiger partial charge in [-0.2, -0.15) is 0 Å². The number of carbonyl (C=O) groups excluding carboxylic acids is 1. The van der Waals surface area contributed by atoms with Gasteiger partial charge in [0, 0.05) is 12.8 Å². The van der Waals surface area contributed by atoms with Crippen LogP contribution in [0.2, 0.25) is 0 Å². The van der Waals surface area contributed by atoms with Gasteiger partial charge in [0.2, 0.25) is 5.91 Å². The molecule has 1 saturated heterocycles. The molecule has 1 aliphatic rings. The van der Waals surface area contributed by atoms with Crippen molar-refractivity contribution in [1.29, 1.82) is 0 Å². The standard InChI is InChI=1S/C12H16N2O3/c1-8-9(4-3-7-17-8)12(16)14-11-10(15)5-2-6-13-11/h2,5-6,8-9,15H,3-4,7H2,1H3,(H,13,14,16)/t8-,9-/m1/s1. The number of pyridine rings is 1. The highest BCUT2D eigenvalue weighted by atomic mass is 16.5. The van der Waals surface area contributed by atoms with Crippen LogP contribution in [0.3, 0.4) is 0 Å². The Morgan fingerprint density at radius 2 is 2.47 bits per heavy atom. The molecular weight excluding hydrogens is 220 g/mol. The number of ether oxygens (including phenoxy) is 1. The lowest BCUT2D eigenvalue weighted by atomic mass is 9.94. The first-order valence-electron chi connectivity index (χ1n) is 5.75. The average molecular weight is 236 g/mol. The number of hydrogen-bond donors (Lipinski definition) is 2. The minimum atomic E-state index is -0.176. The van der Waals surface area contributed by atoms with Crippen LogP contribution in [0.15, 0.2) is 18.3 Å². The van der Waals surface area contributed by atoms with E-state index >= 15 is 0 Å². The maximum absolute atomic E-state index is 12.0. The number of nitrogens with one attached hydrogen (secondary N) is 1. The van der Waals surface area contributed by atoms with E-state index in [1.54, 1.807) is 6.07 Å². The van der Waals surface area contributed by atoms with Gasteiger partial charge in [0.05, 0.1) is 12.0 Å². The van der Waals surface area contributed by atoms with E-state index in [1.165, 1.54) is 12.3 Å². The molecule has 2 heterocycles. The number of rotatable bonds is 2. The largest absolute Gasteiger partial charge is 0.504 e. The van der Waals surface area contributed by atoms with Gasteiger partial charge in [0.25, 0.3) is 0 Å². The molecule has 5 nitrogen and oxygen atoms in total. The molecule has 0 aliphatic carbocycles. The summed E-state index contributed by atoms with van der Waals surface area (Å²) in [6.07, 6.45) is 3.13. The van der Waals surface area contributed by atoms with Gasteiger partial charge >= 0.3 is 0 Å². The van der Waals surface area contributed by atoms with Gasteiger partial charge in [0.1, 0.15) is 0 Å². The van der Waals surface area contributed by atoms with Crippen LogP contribution in [0, 0.1) is 5.92 Å². The van der Waals surface area contributed by atoms with Crippen molar-refractivity contribution in [2.45, 2.75) is 25.9 Å². The molecule has 92 valence electrons. The Balaban J connectivity index is 2.03. The fourth-order valence-corrected chi connectivity index (χ4v) is 1.97. The zero-order valence-corrected chi connectivity index (χ0v) is 9.72. The molecule has 2 rings (SSSR count). The van der Waals surface area contributed by atoms with Gasteiger partial charge < -0.3 is 15.2 Å². The van der Waals surface area contributed by atoms with Gasteiger partial charge in [-0.15, -0.1) is 0 Å². The predicted molar refractivity (Wildman–Crippen MR) is 62.7 cm³/mol. The highest BCUT2D eigenvalue weighted by Crippen LogP contribution is 2.24. The SMILES string of the molecule is C[C@H]1OCCC[C@H]1C(=O)Nc1ncccc1O. The van der Waals surface area contributed by atoms with E-state index in [0.29, 0.717) is 6.61 Å². The van der Waals surface area contributed by atoms with Crippen LogP contribution in [0.25, 0.3) is 0 Å². The minimum absolute atomic E-state index is 0.0229. The molecule has 0 spiro atoms. The van der Waals surface area contributed by atoms with E-state index in [-0.39, 0.29) is 29.5 Å². The van der Waals surface area contributed by atoms with E-state index in [2.05, 4.69) is 10.3 Å². The minimum Gasteiger partial charge on any atom is -0.504 e. The molecule has 0 saturated carbocycles. The molecular formula is C12H16N2O3. The Hall–Kier alpha value is -1.62. The smallest absolute Gasteiger partial charge is 0.231 e. The first-order chi connectivity index (χ1) is 8.18. The van der Waals surface area contributed by atoms with Crippen LogP contribution in [0.5, 0.6) is 5.75 Å². The number of aromatic nitrogens is 1. The zero-order valence-electron chi connectivity index (χ0n) is 9.72. The molecule has 17 heavy (non-hydrogen) atoms. The summed E-state index contributed by atoms with van der Waals surface area (Å²) in [5.74, 6) is -0.142. The normalized spacial score (nSPS) is 24.3. The lowest BCUT2D eigenvalue weighted by molar-refractivity contribution is -0.127.